The summed E-state index contributed by atoms with van der Waals surface area (Å²) in [6, 6.07) is 17.8. The molecule has 0 fully saturated rings. The van der Waals surface area contributed by atoms with E-state index in [2.05, 4.69) is 41.8 Å². The third-order valence-corrected chi connectivity index (χ3v) is 3.38. The van der Waals surface area contributed by atoms with Crippen molar-refractivity contribution in [1.82, 2.24) is 5.32 Å². The fourth-order valence-corrected chi connectivity index (χ4v) is 2.17. The van der Waals surface area contributed by atoms with Gasteiger partial charge in [-0.05, 0) is 44.5 Å². The largest absolute Gasteiger partial charge is 0.325 e. The summed E-state index contributed by atoms with van der Waals surface area (Å²) in [5, 5.41) is 6.16. The van der Waals surface area contributed by atoms with Gasteiger partial charge in [0.15, 0.2) is 0 Å². The molecule has 1 atom stereocenters. The number of carbonyl (C=O) groups is 1. The molecule has 1 amide bonds. The van der Waals surface area contributed by atoms with Crippen molar-refractivity contribution in [2.75, 3.05) is 11.9 Å². The van der Waals surface area contributed by atoms with E-state index in [0.717, 1.165) is 18.7 Å². The first kappa shape index (κ1) is 15.3. The van der Waals surface area contributed by atoms with Crippen LogP contribution in [-0.4, -0.2) is 18.5 Å². The van der Waals surface area contributed by atoms with Gasteiger partial charge in [-0.2, -0.15) is 0 Å². The first-order valence-corrected chi connectivity index (χ1v) is 7.30. The van der Waals surface area contributed by atoms with Crippen molar-refractivity contribution < 1.29 is 4.79 Å². The van der Waals surface area contributed by atoms with Gasteiger partial charge in [0, 0.05) is 5.69 Å². The number of anilines is 1. The molecule has 0 heterocycles. The Morgan fingerprint density at radius 1 is 1.10 bits per heavy atom. The number of amides is 1. The summed E-state index contributed by atoms with van der Waals surface area (Å²) in [4.78, 5) is 12.0. The van der Waals surface area contributed by atoms with E-state index in [9.17, 15) is 4.79 Å². The molecule has 0 aliphatic rings. The van der Waals surface area contributed by atoms with E-state index in [1.807, 2.05) is 37.3 Å². The fourth-order valence-electron chi connectivity index (χ4n) is 2.17. The van der Waals surface area contributed by atoms with Gasteiger partial charge in [0.25, 0.3) is 0 Å². The molecule has 110 valence electrons. The lowest BCUT2D eigenvalue weighted by Crippen LogP contribution is -2.39. The van der Waals surface area contributed by atoms with Crippen LogP contribution in [0.15, 0.2) is 54.6 Å². The van der Waals surface area contributed by atoms with Crippen LogP contribution in [0.4, 0.5) is 5.69 Å². The zero-order chi connectivity index (χ0) is 15.1. The topological polar surface area (TPSA) is 41.1 Å². The standard InChI is InChI=1S/C18H22N2O/c1-14-7-6-8-16(13-14)11-12-19-15(2)18(21)20-17-9-4-3-5-10-17/h3-10,13,15,19H,11-12H2,1-2H3,(H,20,21). The molecule has 0 aliphatic heterocycles. The lowest BCUT2D eigenvalue weighted by atomic mass is 10.1. The highest BCUT2D eigenvalue weighted by atomic mass is 16.2. The van der Waals surface area contributed by atoms with Crippen LogP contribution in [0.3, 0.4) is 0 Å². The Morgan fingerprint density at radius 3 is 2.57 bits per heavy atom. The molecule has 2 aromatic carbocycles. The van der Waals surface area contributed by atoms with Crippen molar-refractivity contribution >= 4 is 11.6 Å². The molecule has 2 N–H and O–H groups in total. The van der Waals surface area contributed by atoms with Gasteiger partial charge in [-0.15, -0.1) is 0 Å². The van der Waals surface area contributed by atoms with Crippen LogP contribution in [0.1, 0.15) is 18.1 Å². The fraction of sp³-hybridized carbons (Fsp3) is 0.278. The number of hydrogen-bond donors (Lipinski definition) is 2. The summed E-state index contributed by atoms with van der Waals surface area (Å²) in [6.45, 7) is 4.76. The third kappa shape index (κ3) is 5.04. The minimum Gasteiger partial charge on any atom is -0.325 e. The molecular weight excluding hydrogens is 260 g/mol. The Kier molecular flexibility index (Phi) is 5.52. The van der Waals surface area contributed by atoms with E-state index in [0.29, 0.717) is 0 Å². The number of rotatable bonds is 6. The zero-order valence-electron chi connectivity index (χ0n) is 12.6. The predicted octanol–water partition coefficient (Wildman–Crippen LogP) is 3.15. The van der Waals surface area contributed by atoms with Crippen molar-refractivity contribution in [3.05, 3.63) is 65.7 Å². The minimum absolute atomic E-state index is 0.00885. The molecule has 0 saturated heterocycles. The van der Waals surface area contributed by atoms with Gasteiger partial charge in [0.1, 0.15) is 0 Å². The Hall–Kier alpha value is -2.13. The predicted molar refractivity (Wildman–Crippen MR) is 87.4 cm³/mol. The van der Waals surface area contributed by atoms with Crippen molar-refractivity contribution in [2.24, 2.45) is 0 Å². The van der Waals surface area contributed by atoms with Crippen LogP contribution in [0.25, 0.3) is 0 Å². The Bertz CT molecular complexity index is 581. The Morgan fingerprint density at radius 2 is 1.86 bits per heavy atom. The summed E-state index contributed by atoms with van der Waals surface area (Å²) >= 11 is 0. The van der Waals surface area contributed by atoms with E-state index < -0.39 is 0 Å². The molecule has 0 spiro atoms. The molecule has 2 rings (SSSR count). The summed E-state index contributed by atoms with van der Waals surface area (Å²) in [6.07, 6.45) is 0.921. The highest BCUT2D eigenvalue weighted by Crippen LogP contribution is 2.06. The lowest BCUT2D eigenvalue weighted by Gasteiger charge is -2.14. The maximum absolute atomic E-state index is 12.0. The van der Waals surface area contributed by atoms with Gasteiger partial charge in [-0.25, -0.2) is 0 Å². The van der Waals surface area contributed by atoms with E-state index >= 15 is 0 Å². The maximum Gasteiger partial charge on any atom is 0.241 e. The average molecular weight is 282 g/mol. The second-order valence-electron chi connectivity index (χ2n) is 5.27. The van der Waals surface area contributed by atoms with Gasteiger partial charge in [0.2, 0.25) is 5.91 Å². The van der Waals surface area contributed by atoms with E-state index in [1.54, 1.807) is 0 Å². The SMILES string of the molecule is Cc1cccc(CCNC(C)C(=O)Nc2ccccc2)c1. The number of aryl methyl sites for hydroxylation is 1. The number of benzene rings is 2. The molecule has 21 heavy (non-hydrogen) atoms. The van der Waals surface area contributed by atoms with E-state index in [1.165, 1.54) is 11.1 Å². The van der Waals surface area contributed by atoms with Crippen molar-refractivity contribution in [1.29, 1.82) is 0 Å². The van der Waals surface area contributed by atoms with Crippen LogP contribution in [-0.2, 0) is 11.2 Å². The summed E-state index contributed by atoms with van der Waals surface area (Å²) in [7, 11) is 0. The first-order valence-electron chi connectivity index (χ1n) is 7.30. The number of para-hydroxylation sites is 1. The van der Waals surface area contributed by atoms with Gasteiger partial charge >= 0.3 is 0 Å². The summed E-state index contributed by atoms with van der Waals surface area (Å²) < 4.78 is 0. The molecule has 2 aromatic rings. The molecule has 0 saturated carbocycles. The molecule has 0 aromatic heterocycles. The molecule has 3 heteroatoms. The van der Waals surface area contributed by atoms with Crippen molar-refractivity contribution in [3.63, 3.8) is 0 Å². The van der Waals surface area contributed by atoms with Crippen LogP contribution < -0.4 is 10.6 Å². The van der Waals surface area contributed by atoms with Crippen LogP contribution >= 0.6 is 0 Å². The molecular formula is C18H22N2O. The Balaban J connectivity index is 1.76. The Labute approximate surface area is 126 Å². The number of carbonyl (C=O) groups excluding carboxylic acids is 1. The van der Waals surface area contributed by atoms with Gasteiger partial charge in [0.05, 0.1) is 6.04 Å². The lowest BCUT2D eigenvalue weighted by molar-refractivity contribution is -0.117. The molecule has 0 bridgehead atoms. The van der Waals surface area contributed by atoms with Gasteiger partial charge < -0.3 is 10.6 Å². The highest BCUT2D eigenvalue weighted by Gasteiger charge is 2.11. The molecule has 0 aliphatic carbocycles. The average Bonchev–Trinajstić information content (AvgIpc) is 2.48. The second-order valence-corrected chi connectivity index (χ2v) is 5.27. The molecule has 1 unspecified atom stereocenters. The normalized spacial score (nSPS) is 11.9. The van der Waals surface area contributed by atoms with Crippen LogP contribution in [0.5, 0.6) is 0 Å². The zero-order valence-corrected chi connectivity index (χ0v) is 12.6. The van der Waals surface area contributed by atoms with Crippen LogP contribution in [0, 0.1) is 6.92 Å². The third-order valence-electron chi connectivity index (χ3n) is 3.38. The number of hydrogen-bond acceptors (Lipinski definition) is 2. The highest BCUT2D eigenvalue weighted by molar-refractivity contribution is 5.94. The molecule has 3 nitrogen and oxygen atoms in total. The quantitative estimate of drug-likeness (QED) is 0.854. The maximum atomic E-state index is 12.0. The summed E-state index contributed by atoms with van der Waals surface area (Å²) in [5.41, 5.74) is 3.38. The second kappa shape index (κ2) is 7.60. The van der Waals surface area contributed by atoms with Gasteiger partial charge in [-0.3, -0.25) is 4.79 Å². The smallest absolute Gasteiger partial charge is 0.241 e. The van der Waals surface area contributed by atoms with Crippen molar-refractivity contribution in [3.8, 4) is 0 Å². The summed E-state index contributed by atoms with van der Waals surface area (Å²) in [5.74, 6) is -0.00885. The van der Waals surface area contributed by atoms with E-state index in [-0.39, 0.29) is 11.9 Å². The van der Waals surface area contributed by atoms with Crippen molar-refractivity contribution in [2.45, 2.75) is 26.3 Å². The van der Waals surface area contributed by atoms with E-state index in [4.69, 9.17) is 0 Å². The molecule has 0 radical (unpaired) electrons. The first-order chi connectivity index (χ1) is 10.1. The monoisotopic (exact) mass is 282 g/mol. The van der Waals surface area contributed by atoms with Crippen LogP contribution in [0.2, 0.25) is 0 Å². The van der Waals surface area contributed by atoms with Gasteiger partial charge in [-0.1, -0.05) is 48.0 Å². The number of nitrogens with one attached hydrogen (secondary N) is 2. The minimum atomic E-state index is -0.213.